The first-order valence-electron chi connectivity index (χ1n) is 16.4. The smallest absolute Gasteiger partial charge is 0.408 e. The first-order chi connectivity index (χ1) is 21.4. The third kappa shape index (κ3) is 8.35. The molecule has 246 valence electrons. The van der Waals surface area contributed by atoms with E-state index in [0.717, 1.165) is 43.1 Å². The molecule has 4 saturated carbocycles. The van der Waals surface area contributed by atoms with Gasteiger partial charge in [0.05, 0.1) is 6.42 Å². The molecule has 0 aromatic heterocycles. The topological polar surface area (TPSA) is 140 Å². The fraction of sp³-hybridized carbons (Fsp3) is 0.676. The van der Waals surface area contributed by atoms with Gasteiger partial charge in [-0.3, -0.25) is 14.4 Å². The van der Waals surface area contributed by atoms with Gasteiger partial charge in [-0.2, -0.15) is 0 Å². The summed E-state index contributed by atoms with van der Waals surface area (Å²) >= 11 is 0. The van der Waals surface area contributed by atoms with E-state index in [-0.39, 0.29) is 12.7 Å². The van der Waals surface area contributed by atoms with Gasteiger partial charge in [0, 0.05) is 6.54 Å². The van der Waals surface area contributed by atoms with Gasteiger partial charge in [-0.05, 0) is 102 Å². The van der Waals surface area contributed by atoms with Crippen LogP contribution in [-0.2, 0) is 40.0 Å². The van der Waals surface area contributed by atoms with Gasteiger partial charge in [0.1, 0.15) is 36.4 Å². The standard InChI is InChI=1S/C34H47N3O8/c1-20(31(40)37-12-8-11-27(37)32(41)43-19-21-9-6-5-7-10-21)35-30(39)26(36-33(42)45-34(2,3)4)18-28(38)44-29-24-14-22-13-23(16-24)17-25(29)15-22/h5-7,9-10,20,22-27,29H,8,11-19H2,1-4H3,(H,35,39)(H,36,42)/t20-,22?,23?,24?,25?,26-,27-,29?/m0/s1. The Balaban J connectivity index is 1.19. The van der Waals surface area contributed by atoms with E-state index < -0.39 is 60.0 Å². The molecule has 1 saturated heterocycles. The summed E-state index contributed by atoms with van der Waals surface area (Å²) in [5.41, 5.74) is 0.0162. The maximum absolute atomic E-state index is 13.5. The molecule has 0 unspecified atom stereocenters. The minimum absolute atomic E-state index is 0.0993. The van der Waals surface area contributed by atoms with Crippen molar-refractivity contribution < 1.29 is 38.2 Å². The van der Waals surface area contributed by atoms with E-state index >= 15 is 0 Å². The summed E-state index contributed by atoms with van der Waals surface area (Å²) < 4.78 is 16.8. The summed E-state index contributed by atoms with van der Waals surface area (Å²) in [7, 11) is 0. The Bertz CT molecular complexity index is 1230. The van der Waals surface area contributed by atoms with E-state index in [9.17, 15) is 24.0 Å². The molecule has 5 aliphatic rings. The molecular weight excluding hydrogens is 578 g/mol. The molecule has 0 spiro atoms. The van der Waals surface area contributed by atoms with Crippen molar-refractivity contribution >= 4 is 29.8 Å². The molecule has 3 atom stereocenters. The number of likely N-dealkylation sites (tertiary alicyclic amines) is 1. The largest absolute Gasteiger partial charge is 0.462 e. The second kappa shape index (κ2) is 13.8. The van der Waals surface area contributed by atoms with Crippen molar-refractivity contribution in [2.24, 2.45) is 23.7 Å². The normalized spacial score (nSPS) is 28.1. The number of ether oxygens (including phenoxy) is 3. The molecule has 6 rings (SSSR count). The molecule has 1 heterocycles. The van der Waals surface area contributed by atoms with Crippen LogP contribution in [0.5, 0.6) is 0 Å². The van der Waals surface area contributed by atoms with E-state index in [1.165, 1.54) is 18.2 Å². The zero-order valence-electron chi connectivity index (χ0n) is 26.8. The van der Waals surface area contributed by atoms with Crippen molar-refractivity contribution in [2.75, 3.05) is 6.54 Å². The molecule has 0 radical (unpaired) electrons. The van der Waals surface area contributed by atoms with Gasteiger partial charge in [0.2, 0.25) is 11.8 Å². The Morgan fingerprint density at radius 1 is 0.933 bits per heavy atom. The molecule has 11 heteroatoms. The highest BCUT2D eigenvalue weighted by Crippen LogP contribution is 2.54. The van der Waals surface area contributed by atoms with Crippen molar-refractivity contribution in [3.8, 4) is 0 Å². The van der Waals surface area contributed by atoms with Crippen molar-refractivity contribution in [1.82, 2.24) is 15.5 Å². The summed E-state index contributed by atoms with van der Waals surface area (Å²) in [5, 5.41) is 5.15. The van der Waals surface area contributed by atoms with Crippen LogP contribution in [-0.4, -0.2) is 71.1 Å². The van der Waals surface area contributed by atoms with Crippen LogP contribution in [0.4, 0.5) is 4.79 Å². The summed E-state index contributed by atoms with van der Waals surface area (Å²) in [6.07, 6.45) is 5.23. The lowest BCUT2D eigenvalue weighted by atomic mass is 9.55. The Hall–Kier alpha value is -3.63. The second-order valence-corrected chi connectivity index (χ2v) is 14.3. The Kier molecular flexibility index (Phi) is 10.0. The van der Waals surface area contributed by atoms with Gasteiger partial charge in [0.25, 0.3) is 0 Å². The number of hydrogen-bond donors (Lipinski definition) is 2. The SMILES string of the molecule is C[C@H](NC(=O)[C@H](CC(=O)OC1C2CC3CC(C2)CC1C3)NC(=O)OC(C)(C)C)C(=O)N1CCC[C@H]1C(=O)OCc1ccccc1. The van der Waals surface area contributed by atoms with Crippen LogP contribution in [0.1, 0.15) is 84.6 Å². The molecular formula is C34H47N3O8. The molecule has 3 amide bonds. The van der Waals surface area contributed by atoms with E-state index in [1.54, 1.807) is 20.8 Å². The molecule has 45 heavy (non-hydrogen) atoms. The average Bonchev–Trinajstić information content (AvgIpc) is 3.46. The highest BCUT2D eigenvalue weighted by molar-refractivity contribution is 5.94. The number of hydrogen-bond acceptors (Lipinski definition) is 8. The van der Waals surface area contributed by atoms with Crippen molar-refractivity contribution in [2.45, 2.75) is 115 Å². The quantitative estimate of drug-likeness (QED) is 0.295. The first-order valence-corrected chi connectivity index (χ1v) is 16.4. The van der Waals surface area contributed by atoms with Gasteiger partial charge in [-0.25, -0.2) is 9.59 Å². The van der Waals surface area contributed by atoms with Gasteiger partial charge in [-0.15, -0.1) is 0 Å². The zero-order valence-corrected chi connectivity index (χ0v) is 26.8. The van der Waals surface area contributed by atoms with Crippen LogP contribution in [0.25, 0.3) is 0 Å². The fourth-order valence-corrected chi connectivity index (χ4v) is 7.82. The number of nitrogens with one attached hydrogen (secondary N) is 2. The lowest BCUT2D eigenvalue weighted by Crippen LogP contribution is -2.56. The molecule has 4 aliphatic carbocycles. The maximum Gasteiger partial charge on any atom is 0.408 e. The minimum atomic E-state index is -1.32. The predicted octanol–water partition coefficient (Wildman–Crippen LogP) is 3.88. The number of nitrogens with zero attached hydrogens (tertiary/aromatic N) is 1. The number of carbonyl (C=O) groups is 5. The number of rotatable bonds is 10. The highest BCUT2D eigenvalue weighted by atomic mass is 16.6. The van der Waals surface area contributed by atoms with Crippen LogP contribution >= 0.6 is 0 Å². The van der Waals surface area contributed by atoms with Gasteiger partial charge in [0.15, 0.2) is 0 Å². The monoisotopic (exact) mass is 625 g/mol. The Morgan fingerprint density at radius 3 is 2.20 bits per heavy atom. The maximum atomic E-state index is 13.5. The lowest BCUT2D eigenvalue weighted by molar-refractivity contribution is -0.171. The van der Waals surface area contributed by atoms with Crippen LogP contribution in [0.15, 0.2) is 30.3 Å². The van der Waals surface area contributed by atoms with Crippen molar-refractivity contribution in [3.63, 3.8) is 0 Å². The zero-order chi connectivity index (χ0) is 32.3. The van der Waals surface area contributed by atoms with Crippen molar-refractivity contribution in [3.05, 3.63) is 35.9 Å². The molecule has 5 fully saturated rings. The highest BCUT2D eigenvalue weighted by Gasteiger charge is 2.50. The number of esters is 2. The Morgan fingerprint density at radius 2 is 1.58 bits per heavy atom. The molecule has 2 N–H and O–H groups in total. The Labute approximate surface area is 265 Å². The van der Waals surface area contributed by atoms with E-state index in [2.05, 4.69) is 10.6 Å². The van der Waals surface area contributed by atoms with Crippen LogP contribution in [0, 0.1) is 23.7 Å². The fourth-order valence-electron chi connectivity index (χ4n) is 7.82. The number of benzene rings is 1. The molecule has 1 aromatic carbocycles. The van der Waals surface area contributed by atoms with E-state index in [0.29, 0.717) is 31.2 Å². The second-order valence-electron chi connectivity index (χ2n) is 14.3. The summed E-state index contributed by atoms with van der Waals surface area (Å²) in [5.74, 6) is -0.0996. The van der Waals surface area contributed by atoms with E-state index in [1.807, 2.05) is 30.3 Å². The number of amides is 3. The van der Waals surface area contributed by atoms with Crippen LogP contribution in [0.2, 0.25) is 0 Å². The number of carbonyl (C=O) groups excluding carboxylic acids is 5. The lowest BCUT2D eigenvalue weighted by Gasteiger charge is -2.53. The summed E-state index contributed by atoms with van der Waals surface area (Å²) in [6, 6.07) is 6.18. The van der Waals surface area contributed by atoms with Crippen molar-refractivity contribution in [1.29, 1.82) is 0 Å². The first kappa shape index (κ1) is 32.8. The van der Waals surface area contributed by atoms with Gasteiger partial charge in [-0.1, -0.05) is 30.3 Å². The average molecular weight is 626 g/mol. The van der Waals surface area contributed by atoms with Gasteiger partial charge >= 0.3 is 18.0 Å². The van der Waals surface area contributed by atoms with Gasteiger partial charge < -0.3 is 29.7 Å². The minimum Gasteiger partial charge on any atom is -0.462 e. The van der Waals surface area contributed by atoms with E-state index in [4.69, 9.17) is 14.2 Å². The summed E-state index contributed by atoms with van der Waals surface area (Å²) in [4.78, 5) is 67.1. The van der Waals surface area contributed by atoms with Crippen LogP contribution < -0.4 is 10.6 Å². The summed E-state index contributed by atoms with van der Waals surface area (Å²) in [6.45, 7) is 7.05. The molecule has 11 nitrogen and oxygen atoms in total. The predicted molar refractivity (Wildman–Crippen MR) is 163 cm³/mol. The third-order valence-electron chi connectivity index (χ3n) is 9.55. The molecule has 1 aromatic rings. The molecule has 1 aliphatic heterocycles. The number of alkyl carbamates (subject to hydrolysis) is 1. The third-order valence-corrected chi connectivity index (χ3v) is 9.55. The molecule has 4 bridgehead atoms. The van der Waals surface area contributed by atoms with Crippen LogP contribution in [0.3, 0.4) is 0 Å².